The Morgan fingerprint density at radius 1 is 0.907 bits per heavy atom. The van der Waals surface area contributed by atoms with E-state index in [1.165, 1.54) is 0 Å². The molecule has 5 aliphatic heterocycles. The first-order chi connectivity index (χ1) is 26.5. The van der Waals surface area contributed by atoms with Gasteiger partial charge in [-0.2, -0.15) is 15.2 Å². The lowest BCUT2D eigenvalue weighted by molar-refractivity contribution is -0.136. The van der Waals surface area contributed by atoms with E-state index in [1.54, 1.807) is 0 Å². The summed E-state index contributed by atoms with van der Waals surface area (Å²) in [7, 11) is 0. The highest BCUT2D eigenvalue weighted by atomic mass is 19.1. The first-order valence-electron chi connectivity index (χ1n) is 19.4. The van der Waals surface area contributed by atoms with Crippen LogP contribution in [0.1, 0.15) is 64.8 Å². The number of nitrogens with zero attached hydrogens (tertiary/aromatic N) is 6. The van der Waals surface area contributed by atoms with Crippen molar-refractivity contribution < 1.29 is 23.3 Å². The number of benzene rings is 3. The van der Waals surface area contributed by atoms with Gasteiger partial charge in [0.2, 0.25) is 0 Å². The summed E-state index contributed by atoms with van der Waals surface area (Å²) in [5.74, 6) is 0.800. The van der Waals surface area contributed by atoms with Crippen molar-refractivity contribution in [2.24, 2.45) is 0 Å². The summed E-state index contributed by atoms with van der Waals surface area (Å²) in [6, 6.07) is 27.8. The van der Waals surface area contributed by atoms with Crippen LogP contribution in [-0.2, 0) is 52.5 Å². The molecular formula is C43H47FN6O4. The van der Waals surface area contributed by atoms with Crippen LogP contribution in [0.4, 0.5) is 15.9 Å². The van der Waals surface area contributed by atoms with Crippen molar-refractivity contribution >= 4 is 11.5 Å². The number of rotatable bonds is 9. The third-order valence-electron chi connectivity index (χ3n) is 12.0. The SMILES string of the molecule is N#Cc1c(N(Cc2ccccc2)Cc2ccccc2)ccc2c1C1(COC2)Cc2nc(OC[C@@]34CCCN3C[C@H](F)C4)nc(N3CCCOCC3)c2CO1. The molecule has 10 nitrogen and oxygen atoms in total. The monoisotopic (exact) mass is 730 g/mol. The van der Waals surface area contributed by atoms with Gasteiger partial charge >= 0.3 is 6.01 Å². The van der Waals surface area contributed by atoms with Crippen LogP contribution in [0.2, 0.25) is 0 Å². The molecule has 0 radical (unpaired) electrons. The van der Waals surface area contributed by atoms with E-state index in [-0.39, 0.29) is 18.8 Å². The molecule has 0 bridgehead atoms. The number of fused-ring (bicyclic) bond motifs is 4. The minimum Gasteiger partial charge on any atom is -0.461 e. The number of hydrogen-bond donors (Lipinski definition) is 0. The van der Waals surface area contributed by atoms with Crippen LogP contribution in [-0.4, -0.2) is 79.2 Å². The molecule has 9 rings (SSSR count). The fourth-order valence-electron chi connectivity index (χ4n) is 9.39. The van der Waals surface area contributed by atoms with Crippen LogP contribution < -0.4 is 14.5 Å². The Morgan fingerprint density at radius 2 is 1.70 bits per heavy atom. The van der Waals surface area contributed by atoms with Crippen molar-refractivity contribution in [3.63, 3.8) is 0 Å². The molecule has 0 aliphatic carbocycles. The molecule has 3 atom stereocenters. The average Bonchev–Trinajstić information content (AvgIpc) is 3.58. The van der Waals surface area contributed by atoms with Crippen LogP contribution in [0, 0.1) is 11.3 Å². The van der Waals surface area contributed by atoms with Crippen LogP contribution in [0.25, 0.3) is 0 Å². The minimum absolute atomic E-state index is 0.263. The number of halogens is 1. The number of anilines is 2. The van der Waals surface area contributed by atoms with Crippen molar-refractivity contribution in [3.8, 4) is 12.1 Å². The molecule has 3 saturated heterocycles. The number of aromatic nitrogens is 2. The highest BCUT2D eigenvalue weighted by Gasteiger charge is 2.50. The van der Waals surface area contributed by atoms with Gasteiger partial charge in [0.1, 0.15) is 30.3 Å². The van der Waals surface area contributed by atoms with Gasteiger partial charge in [0.05, 0.1) is 48.9 Å². The second-order valence-corrected chi connectivity index (χ2v) is 15.5. The highest BCUT2D eigenvalue weighted by molar-refractivity contribution is 5.67. The molecule has 1 aromatic heterocycles. The zero-order valence-corrected chi connectivity index (χ0v) is 30.7. The molecule has 0 saturated carbocycles. The number of nitriles is 1. The van der Waals surface area contributed by atoms with E-state index < -0.39 is 11.8 Å². The third kappa shape index (κ3) is 6.70. The summed E-state index contributed by atoms with van der Waals surface area (Å²) in [6.45, 7) is 6.72. The van der Waals surface area contributed by atoms with Gasteiger partial charge in [0.25, 0.3) is 0 Å². The van der Waals surface area contributed by atoms with Gasteiger partial charge in [-0.25, -0.2) is 4.39 Å². The molecule has 0 N–H and O–H groups in total. The smallest absolute Gasteiger partial charge is 0.318 e. The predicted octanol–water partition coefficient (Wildman–Crippen LogP) is 6.24. The Balaban J connectivity index is 1.10. The Hall–Kier alpha value is -4.60. The summed E-state index contributed by atoms with van der Waals surface area (Å²) in [5.41, 5.74) is 6.10. The Morgan fingerprint density at radius 3 is 2.48 bits per heavy atom. The quantitative estimate of drug-likeness (QED) is 0.197. The zero-order valence-electron chi connectivity index (χ0n) is 30.7. The minimum atomic E-state index is -0.939. The van der Waals surface area contributed by atoms with E-state index in [2.05, 4.69) is 81.4 Å². The third-order valence-corrected chi connectivity index (χ3v) is 12.0. The maximum atomic E-state index is 14.7. The predicted molar refractivity (Wildman–Crippen MR) is 202 cm³/mol. The standard InChI is InChI=1S/C43H47FN6O4/c44-34-21-42(15-7-17-50(42)26-34)29-53-41-46-37-22-43(54-28-36(37)40(47-41)48-16-8-19-51-20-18-48)30-52-27-33-13-14-38(35(23-45)39(33)43)49(24-31-9-3-1-4-10-31)25-32-11-5-2-6-12-32/h1-6,9-14,34H,7-8,15-22,24-30H2/t34-,42+,43?/m1/s1. The van der Waals surface area contributed by atoms with Crippen LogP contribution >= 0.6 is 0 Å². The van der Waals surface area contributed by atoms with Gasteiger partial charge in [0.15, 0.2) is 0 Å². The van der Waals surface area contributed by atoms with Crippen molar-refractivity contribution in [2.75, 3.05) is 62.4 Å². The maximum Gasteiger partial charge on any atom is 0.318 e. The Bertz CT molecular complexity index is 1960. The molecule has 280 valence electrons. The Labute approximate surface area is 316 Å². The summed E-state index contributed by atoms with van der Waals surface area (Å²) in [4.78, 5) is 16.9. The largest absolute Gasteiger partial charge is 0.461 e. The summed E-state index contributed by atoms with van der Waals surface area (Å²) in [6.07, 6.45) is 2.86. The van der Waals surface area contributed by atoms with Gasteiger partial charge in [-0.05, 0) is 48.6 Å². The molecule has 6 heterocycles. The topological polar surface area (TPSA) is 96.2 Å². The van der Waals surface area contributed by atoms with Gasteiger partial charge in [-0.1, -0.05) is 66.7 Å². The Kier molecular flexibility index (Phi) is 9.70. The van der Waals surface area contributed by atoms with Gasteiger partial charge < -0.3 is 28.7 Å². The lowest BCUT2D eigenvalue weighted by atomic mass is 9.79. The highest BCUT2D eigenvalue weighted by Crippen LogP contribution is 2.47. The molecule has 1 spiro atoms. The van der Waals surface area contributed by atoms with Gasteiger partial charge in [0, 0.05) is 63.3 Å². The molecule has 3 fully saturated rings. The molecule has 5 aliphatic rings. The van der Waals surface area contributed by atoms with Crippen molar-refractivity contribution in [3.05, 3.63) is 112 Å². The van der Waals surface area contributed by atoms with Crippen LogP contribution in [0.15, 0.2) is 72.8 Å². The normalized spacial score (nSPS) is 25.0. The van der Waals surface area contributed by atoms with E-state index in [0.717, 1.165) is 77.4 Å². The molecule has 3 aromatic carbocycles. The lowest BCUT2D eigenvalue weighted by Gasteiger charge is -2.43. The molecular weight excluding hydrogens is 684 g/mol. The van der Waals surface area contributed by atoms with E-state index in [0.29, 0.717) is 77.0 Å². The van der Waals surface area contributed by atoms with Crippen molar-refractivity contribution in [1.82, 2.24) is 14.9 Å². The van der Waals surface area contributed by atoms with E-state index in [9.17, 15) is 9.65 Å². The first-order valence-corrected chi connectivity index (χ1v) is 19.4. The molecule has 1 unspecified atom stereocenters. The number of hydrogen-bond acceptors (Lipinski definition) is 10. The zero-order chi connectivity index (χ0) is 36.5. The van der Waals surface area contributed by atoms with Crippen LogP contribution in [0.5, 0.6) is 6.01 Å². The van der Waals surface area contributed by atoms with Gasteiger partial charge in [-0.3, -0.25) is 4.90 Å². The summed E-state index contributed by atoms with van der Waals surface area (Å²) >= 11 is 0. The molecule has 54 heavy (non-hydrogen) atoms. The molecule has 0 amide bonds. The van der Waals surface area contributed by atoms with Crippen LogP contribution in [0.3, 0.4) is 0 Å². The van der Waals surface area contributed by atoms with E-state index in [4.69, 9.17) is 28.9 Å². The average molecular weight is 731 g/mol. The van der Waals surface area contributed by atoms with Crippen molar-refractivity contribution in [1.29, 1.82) is 5.26 Å². The van der Waals surface area contributed by atoms with E-state index >= 15 is 0 Å². The second kappa shape index (κ2) is 14.9. The number of ether oxygens (including phenoxy) is 4. The fourth-order valence-corrected chi connectivity index (χ4v) is 9.39. The molecule has 4 aromatic rings. The second-order valence-electron chi connectivity index (χ2n) is 15.5. The van der Waals surface area contributed by atoms with Crippen molar-refractivity contribution in [2.45, 2.75) is 75.7 Å². The lowest BCUT2D eigenvalue weighted by Crippen LogP contribution is -2.46. The maximum absolute atomic E-state index is 14.7. The van der Waals surface area contributed by atoms with Gasteiger partial charge in [-0.15, -0.1) is 0 Å². The first kappa shape index (κ1) is 35.1. The van der Waals surface area contributed by atoms with E-state index in [1.807, 2.05) is 12.1 Å². The number of alkyl halides is 1. The molecule has 11 heteroatoms. The fraction of sp³-hybridized carbons (Fsp3) is 0.465. The summed E-state index contributed by atoms with van der Waals surface area (Å²) in [5, 5.41) is 11.0. The summed E-state index contributed by atoms with van der Waals surface area (Å²) < 4.78 is 40.2.